The van der Waals surface area contributed by atoms with E-state index in [1.54, 1.807) is 0 Å². The van der Waals surface area contributed by atoms with Gasteiger partial charge in [-0.05, 0) is 24.6 Å². The summed E-state index contributed by atoms with van der Waals surface area (Å²) < 4.78 is 36.3. The minimum Gasteiger partial charge on any atom is -1.00 e. The van der Waals surface area contributed by atoms with E-state index < -0.39 is 11.7 Å². The van der Waals surface area contributed by atoms with Crippen LogP contribution < -0.4 is 0 Å². The maximum atomic E-state index is 12.1. The van der Waals surface area contributed by atoms with E-state index in [9.17, 15) is 13.2 Å². The zero-order chi connectivity index (χ0) is 10.1. The summed E-state index contributed by atoms with van der Waals surface area (Å²) in [7, 11) is 0. The molecule has 0 heterocycles. The smallest absolute Gasteiger partial charge is 1.00 e. The number of hydrogen-bond donors (Lipinski definition) is 0. The fraction of sp³-hybridized carbons (Fsp3) is 0.333. The van der Waals surface area contributed by atoms with Gasteiger partial charge in [0, 0.05) is 4.83 Å². The van der Waals surface area contributed by atoms with Crippen LogP contribution in [0.2, 0.25) is 0 Å². The topological polar surface area (TPSA) is 0 Å². The van der Waals surface area contributed by atoms with Crippen molar-refractivity contribution >= 4 is 39.0 Å². The number of benzene rings is 1. The summed E-state index contributed by atoms with van der Waals surface area (Å²) in [6.45, 7) is 1.86. The molecule has 0 aromatic heterocycles. The Hall–Kier alpha value is 0.256. The van der Waals surface area contributed by atoms with E-state index >= 15 is 0 Å². The second-order valence-corrected chi connectivity index (χ2v) is 4.11. The van der Waals surface area contributed by atoms with E-state index in [0.717, 1.165) is 17.7 Å². The van der Waals surface area contributed by atoms with Crippen LogP contribution in [-0.2, 0) is 6.18 Å². The van der Waals surface area contributed by atoms with E-state index in [1.165, 1.54) is 12.1 Å². The summed E-state index contributed by atoms with van der Waals surface area (Å²) in [6, 6.07) is 5.13. The molecule has 1 atom stereocenters. The zero-order valence-corrected chi connectivity index (χ0v) is 10.6. The molecule has 1 aromatic rings. The van der Waals surface area contributed by atoms with E-state index in [-0.39, 0.29) is 30.7 Å². The number of rotatable bonds is 1. The average molecular weight is 279 g/mol. The molecular weight excluding hydrogens is 269 g/mol. The molecule has 0 nitrogen and oxygen atoms in total. The Morgan fingerprint density at radius 1 is 1.21 bits per heavy atom. The van der Waals surface area contributed by atoms with Crippen LogP contribution in [0.15, 0.2) is 24.3 Å². The Labute approximate surface area is 108 Å². The number of halogens is 4. The minimum atomic E-state index is -4.24. The molecule has 5 heteroatoms. The Morgan fingerprint density at radius 2 is 1.64 bits per heavy atom. The summed E-state index contributed by atoms with van der Waals surface area (Å²) in [5.74, 6) is 0. The largest absolute Gasteiger partial charge is 2.00 e. The van der Waals surface area contributed by atoms with Crippen LogP contribution in [0, 0.1) is 0 Å². The molecule has 0 spiro atoms. The SMILES string of the molecule is CC(Br)c1ccc(C(F)(F)F)cc1.[H-].[H-].[Mg+2]. The fourth-order valence-electron chi connectivity index (χ4n) is 0.937. The third kappa shape index (κ3) is 3.78. The van der Waals surface area contributed by atoms with Gasteiger partial charge in [-0.1, -0.05) is 28.1 Å². The van der Waals surface area contributed by atoms with Crippen molar-refractivity contribution in [2.45, 2.75) is 17.9 Å². The molecule has 0 amide bonds. The second-order valence-electron chi connectivity index (χ2n) is 2.74. The molecule has 0 N–H and O–H groups in total. The average Bonchev–Trinajstić information content (AvgIpc) is 2.03. The minimum absolute atomic E-state index is 0. The Bertz CT molecular complexity index is 288. The maximum absolute atomic E-state index is 12.1. The van der Waals surface area contributed by atoms with Gasteiger partial charge in [0.25, 0.3) is 0 Å². The normalized spacial score (nSPS) is 13.2. The van der Waals surface area contributed by atoms with Gasteiger partial charge in [-0.3, -0.25) is 0 Å². The van der Waals surface area contributed by atoms with E-state index in [0.29, 0.717) is 0 Å². The van der Waals surface area contributed by atoms with Crippen molar-refractivity contribution in [2.24, 2.45) is 0 Å². The first-order valence-electron chi connectivity index (χ1n) is 3.72. The van der Waals surface area contributed by atoms with Crippen molar-refractivity contribution in [3.8, 4) is 0 Å². The molecule has 1 unspecified atom stereocenters. The van der Waals surface area contributed by atoms with Gasteiger partial charge in [-0.2, -0.15) is 13.2 Å². The predicted molar refractivity (Wildman–Crippen MR) is 56.8 cm³/mol. The maximum Gasteiger partial charge on any atom is 2.00 e. The van der Waals surface area contributed by atoms with Crippen molar-refractivity contribution in [1.29, 1.82) is 0 Å². The molecule has 76 valence electrons. The summed E-state index contributed by atoms with van der Waals surface area (Å²) >= 11 is 3.28. The van der Waals surface area contributed by atoms with Crippen molar-refractivity contribution in [3.05, 3.63) is 35.4 Å². The van der Waals surface area contributed by atoms with Crippen LogP contribution in [0.25, 0.3) is 0 Å². The Morgan fingerprint density at radius 3 is 1.93 bits per heavy atom. The first kappa shape index (κ1) is 14.3. The quantitative estimate of drug-likeness (QED) is 0.538. The molecule has 0 saturated heterocycles. The number of alkyl halides is 4. The van der Waals surface area contributed by atoms with E-state index in [1.807, 2.05) is 6.92 Å². The summed E-state index contributed by atoms with van der Waals surface area (Å²) in [5, 5.41) is 0. The van der Waals surface area contributed by atoms with Crippen LogP contribution >= 0.6 is 15.9 Å². The monoisotopic (exact) mass is 278 g/mol. The summed E-state index contributed by atoms with van der Waals surface area (Å²) in [4.78, 5) is 0.0785. The van der Waals surface area contributed by atoms with Crippen molar-refractivity contribution < 1.29 is 16.0 Å². The first-order valence-corrected chi connectivity index (χ1v) is 4.64. The van der Waals surface area contributed by atoms with Gasteiger partial charge in [0.15, 0.2) is 0 Å². The second kappa shape index (κ2) is 5.37. The number of hydrogen-bond acceptors (Lipinski definition) is 0. The molecule has 0 radical (unpaired) electrons. The molecule has 0 saturated carbocycles. The molecule has 0 fully saturated rings. The van der Waals surface area contributed by atoms with Crippen LogP contribution in [0.1, 0.15) is 25.7 Å². The molecule has 1 aromatic carbocycles. The zero-order valence-electron chi connectivity index (χ0n) is 9.61. The molecule has 0 aliphatic carbocycles. The molecule has 1 rings (SSSR count). The van der Waals surface area contributed by atoms with E-state index in [2.05, 4.69) is 15.9 Å². The van der Waals surface area contributed by atoms with Crippen LogP contribution in [0.5, 0.6) is 0 Å². The van der Waals surface area contributed by atoms with E-state index in [4.69, 9.17) is 0 Å². The summed E-state index contributed by atoms with van der Waals surface area (Å²) in [6.07, 6.45) is -4.24. The third-order valence-corrected chi connectivity index (χ3v) is 2.23. The van der Waals surface area contributed by atoms with Gasteiger partial charge in [-0.15, -0.1) is 0 Å². The molecular formula is C9H10BrF3Mg. The van der Waals surface area contributed by atoms with Gasteiger partial charge >= 0.3 is 29.2 Å². The molecule has 0 aliphatic heterocycles. The van der Waals surface area contributed by atoms with Gasteiger partial charge < -0.3 is 2.85 Å². The molecule has 0 aliphatic rings. The van der Waals surface area contributed by atoms with Crippen molar-refractivity contribution in [2.75, 3.05) is 0 Å². The Kier molecular flexibility index (Phi) is 5.47. The van der Waals surface area contributed by atoms with Gasteiger partial charge in [-0.25, -0.2) is 0 Å². The van der Waals surface area contributed by atoms with Crippen molar-refractivity contribution in [3.63, 3.8) is 0 Å². The first-order chi connectivity index (χ1) is 5.91. The van der Waals surface area contributed by atoms with Crippen LogP contribution in [0.4, 0.5) is 13.2 Å². The standard InChI is InChI=1S/C9H8BrF3.Mg.2H/c1-6(10)7-2-4-8(5-3-7)9(11,12)13;;;/h2-6H,1H3;;;/q;+2;2*-1. The summed E-state index contributed by atoms with van der Waals surface area (Å²) in [5.41, 5.74) is 0.234. The van der Waals surface area contributed by atoms with Crippen LogP contribution in [-0.4, -0.2) is 23.1 Å². The van der Waals surface area contributed by atoms with Gasteiger partial charge in [0.2, 0.25) is 0 Å². The fourth-order valence-corrected chi connectivity index (χ4v) is 1.24. The van der Waals surface area contributed by atoms with Crippen LogP contribution in [0.3, 0.4) is 0 Å². The third-order valence-electron chi connectivity index (χ3n) is 1.70. The Balaban J connectivity index is -0.000000563. The van der Waals surface area contributed by atoms with Gasteiger partial charge in [0.1, 0.15) is 0 Å². The predicted octanol–water partition coefficient (Wildman–Crippen LogP) is 4.01. The molecule has 0 bridgehead atoms. The van der Waals surface area contributed by atoms with Crippen molar-refractivity contribution in [1.82, 2.24) is 0 Å². The van der Waals surface area contributed by atoms with Gasteiger partial charge in [0.05, 0.1) is 5.56 Å². The molecule has 14 heavy (non-hydrogen) atoms.